The summed E-state index contributed by atoms with van der Waals surface area (Å²) in [4.78, 5) is 74.2. The number of methoxy groups -OCH3 is 1. The number of rotatable bonds is 23. The van der Waals surface area contributed by atoms with Gasteiger partial charge in [0, 0.05) is 80.5 Å². The Kier molecular flexibility index (Phi) is 30.5. The van der Waals surface area contributed by atoms with E-state index in [0.29, 0.717) is 109 Å². The minimum Gasteiger partial charge on any atom is -0.508 e. The van der Waals surface area contributed by atoms with Crippen molar-refractivity contribution in [3.05, 3.63) is 259 Å². The number of halogens is 3. The number of carbonyl (C=O) groups excluding carboxylic acids is 4. The van der Waals surface area contributed by atoms with Crippen molar-refractivity contribution in [3.8, 4) is 80.2 Å². The van der Waals surface area contributed by atoms with Crippen LogP contribution in [0.2, 0.25) is 0 Å². The van der Waals surface area contributed by atoms with Crippen molar-refractivity contribution in [2.75, 3.05) is 40.0 Å². The first-order valence-electron chi connectivity index (χ1n) is 45.2. The van der Waals surface area contributed by atoms with Crippen LogP contribution >= 0.6 is 47.8 Å². The zero-order chi connectivity index (χ0) is 92.1. The van der Waals surface area contributed by atoms with E-state index in [9.17, 15) is 34.2 Å². The van der Waals surface area contributed by atoms with Gasteiger partial charge in [-0.05, 0) is 299 Å². The number of phenols is 1. The van der Waals surface area contributed by atoms with E-state index in [1.54, 1.807) is 72.8 Å². The number of ether oxygens (including phenoxy) is 6. The van der Waals surface area contributed by atoms with Gasteiger partial charge in [0.1, 0.15) is 34.5 Å². The van der Waals surface area contributed by atoms with E-state index in [1.807, 2.05) is 124 Å². The lowest BCUT2D eigenvalue weighted by atomic mass is 10.0. The molecule has 27 nitrogen and oxygen atoms in total. The molecule has 30 heteroatoms. The van der Waals surface area contributed by atoms with Crippen molar-refractivity contribution in [2.45, 2.75) is 182 Å². The Balaban J connectivity index is 0.000000117. The van der Waals surface area contributed by atoms with E-state index in [2.05, 4.69) is 103 Å². The van der Waals surface area contributed by atoms with Crippen molar-refractivity contribution in [1.82, 2.24) is 35.0 Å². The first-order valence-corrected chi connectivity index (χ1v) is 47.7. The first kappa shape index (κ1) is 93.3. The third-order valence-corrected chi connectivity index (χ3v) is 26.3. The third kappa shape index (κ3) is 24.1. The fourth-order valence-electron chi connectivity index (χ4n) is 17.1. The Bertz CT molecular complexity index is 5640. The molecule has 6 unspecified atom stereocenters. The molecule has 12 aliphatic rings. The maximum Gasteiger partial charge on any atom is 0.337 e. The van der Waals surface area contributed by atoms with Crippen LogP contribution in [0.3, 0.4) is 0 Å². The molecule has 0 bridgehead atoms. The van der Waals surface area contributed by atoms with E-state index >= 15 is 0 Å². The largest absolute Gasteiger partial charge is 0.508 e. The summed E-state index contributed by atoms with van der Waals surface area (Å²) in [6, 6.07) is 62.0. The molecule has 6 saturated carbocycles. The van der Waals surface area contributed by atoms with E-state index in [-0.39, 0.29) is 72.7 Å². The molecule has 6 atom stereocenters. The topological polar surface area (TPSA) is 368 Å². The molecule has 9 aliphatic carbocycles. The standard InChI is InChI=1S/2C24H23N3O4.C15H19N3O2.C11H12O3.C10H10O3.C9H9BrO.C6H5BrO.C3H5Br/c2*28-11-10-27-21(29)13-15-12-20-18(22(15)27)2-1-3-19(20)23-25-24(31-26-23)14-4-6-16(7-5-14)30-17-8-9-17;1-2-6-18-13(19)8-9-7-12-10(14(9)18)4-3-5-11(12)15(16)17-20;1-13-11(12)8-2-4-9(5-3-8)14-10-6-7-10;11-10(12)7-1-3-8(4-2-7)13-9-5-6-9;10-7-1-3-8(4-2-7)11-9-5-6-9;7-5-1-3-6(8)4-2-5;4-3-1-2-3/h2*1-7,15,17,22,28H,8-13H2;3-5,9,14,20H,2,6-8H2,1H3,(H2,16,17);2-5,10H,6-7H2,1H3;1-4,9H,5-6H2,(H,11,12);1-4,9H,5-6H2;1-4,8H;3H,1-2H2. The van der Waals surface area contributed by atoms with E-state index < -0.39 is 5.97 Å². The highest BCUT2D eigenvalue weighted by Crippen LogP contribution is 2.52. The van der Waals surface area contributed by atoms with E-state index in [0.717, 1.165) is 171 Å². The predicted octanol–water partition coefficient (Wildman–Crippen LogP) is 19.0. The van der Waals surface area contributed by atoms with Crippen LogP contribution in [-0.4, -0.2) is 171 Å². The molecule has 0 spiro atoms. The summed E-state index contributed by atoms with van der Waals surface area (Å²) in [5, 5.41) is 56.6. The van der Waals surface area contributed by atoms with Gasteiger partial charge in [-0.1, -0.05) is 125 Å². The Morgan fingerprint density at radius 2 is 0.788 bits per heavy atom. The van der Waals surface area contributed by atoms with Crippen LogP contribution in [0.1, 0.15) is 187 Å². The zero-order valence-corrected chi connectivity index (χ0v) is 78.0. The van der Waals surface area contributed by atoms with Crippen LogP contribution < -0.4 is 29.4 Å². The highest BCUT2D eigenvalue weighted by atomic mass is 79.9. The molecule has 132 heavy (non-hydrogen) atoms. The molecule has 3 saturated heterocycles. The summed E-state index contributed by atoms with van der Waals surface area (Å²) in [6.45, 7) is 3.58. The van der Waals surface area contributed by atoms with Crippen molar-refractivity contribution >= 4 is 83.3 Å². The number of phenolic OH excluding ortho intramolecular Hbond substituents is 1. The lowest BCUT2D eigenvalue weighted by Gasteiger charge is -2.24. The number of carbonyl (C=O) groups is 5. The molecular weight excluding hydrogens is 1880 g/mol. The molecule has 2 aromatic heterocycles. The van der Waals surface area contributed by atoms with Crippen LogP contribution in [-0.2, 0) is 38.4 Å². The van der Waals surface area contributed by atoms with Gasteiger partial charge in [0.15, 0.2) is 5.84 Å². The number of aromatic carboxylic acids is 1. The Morgan fingerprint density at radius 3 is 1.12 bits per heavy atom. The summed E-state index contributed by atoms with van der Waals surface area (Å²) in [5.74, 6) is 6.87. The number of nitrogens with two attached hydrogens (primary N) is 1. The van der Waals surface area contributed by atoms with Gasteiger partial charge in [-0.2, -0.15) is 9.97 Å². The quantitative estimate of drug-likeness (QED) is 0.00865. The maximum absolute atomic E-state index is 12.4. The highest BCUT2D eigenvalue weighted by molar-refractivity contribution is 9.10. The number of likely N-dealkylation sites (tertiary alicyclic amines) is 3. The van der Waals surface area contributed by atoms with Gasteiger partial charge in [-0.15, -0.1) is 0 Å². The average Bonchev–Trinajstić information content (AvgIpc) is 1.59. The summed E-state index contributed by atoms with van der Waals surface area (Å²) < 4.78 is 46.0. The summed E-state index contributed by atoms with van der Waals surface area (Å²) in [7, 11) is 1.37. The zero-order valence-electron chi connectivity index (χ0n) is 73.3. The number of amides is 3. The fourth-order valence-corrected chi connectivity index (χ4v) is 17.9. The van der Waals surface area contributed by atoms with Gasteiger partial charge in [-0.25, -0.2) is 9.59 Å². The number of carboxylic acids is 1. The number of esters is 1. The number of alkyl halides is 1. The van der Waals surface area contributed by atoms with Gasteiger partial charge in [-0.3, -0.25) is 14.4 Å². The number of hydrogen-bond acceptors (Lipinski definition) is 22. The molecule has 3 amide bonds. The minimum absolute atomic E-state index is 0.0251. The number of amidine groups is 1. The number of aromatic nitrogens is 4. The molecule has 7 N–H and O–H groups in total. The smallest absolute Gasteiger partial charge is 0.337 e. The van der Waals surface area contributed by atoms with E-state index in [4.69, 9.17) is 53.9 Å². The average molecular weight is 1990 g/mol. The molecule has 3 aliphatic heterocycles. The number of benzene rings is 9. The second-order valence-corrected chi connectivity index (χ2v) is 37.7. The second-order valence-electron chi connectivity index (χ2n) is 34.6. The highest BCUT2D eigenvalue weighted by Gasteiger charge is 2.49. The van der Waals surface area contributed by atoms with Crippen molar-refractivity contribution < 1.29 is 87.1 Å². The lowest BCUT2D eigenvalue weighted by molar-refractivity contribution is -0.130. The van der Waals surface area contributed by atoms with Gasteiger partial charge in [0.2, 0.25) is 29.4 Å². The molecule has 5 heterocycles. The molecule has 9 aromatic carbocycles. The van der Waals surface area contributed by atoms with Gasteiger partial charge < -0.3 is 83.5 Å². The summed E-state index contributed by atoms with van der Waals surface area (Å²) >= 11 is 9.99. The van der Waals surface area contributed by atoms with Crippen molar-refractivity contribution in [3.63, 3.8) is 0 Å². The van der Waals surface area contributed by atoms with Crippen LogP contribution in [0, 0.1) is 17.8 Å². The third-order valence-electron chi connectivity index (χ3n) is 24.3. The molecule has 23 rings (SSSR count). The molecule has 688 valence electrons. The number of aliphatic hydroxyl groups excluding tert-OH is 2. The SMILES string of the molecule is BrC1CC1.Brc1ccc(OC2CC2)cc1.CCCN1C(=O)CC2Cc3c(/C(N)=N/O)cccc3C21.COC(=O)c1ccc(OC2CC2)cc1.O=C(O)c1ccc(OC2CC2)cc1.O=C1CC2Cc3c(-c4noc(-c5ccc(OC6CC6)cc5)n4)cccc3C2N1CCO.O=C1CC2Cc3c(-c4noc(-c5ccc(OC6CC6)cc5)n4)cccc3C2N1CCO.Oc1ccc(Br)cc1. The first-order chi connectivity index (χ1) is 64.2. The predicted molar refractivity (Wildman–Crippen MR) is 504 cm³/mol. The Hall–Kier alpha value is -12.0. The van der Waals surface area contributed by atoms with Crippen molar-refractivity contribution in [2.24, 2.45) is 28.6 Å². The minimum atomic E-state index is -0.905. The molecule has 0 radical (unpaired) electrons. The monoisotopic (exact) mass is 1980 g/mol. The van der Waals surface area contributed by atoms with Crippen LogP contribution in [0.4, 0.5) is 0 Å². The summed E-state index contributed by atoms with van der Waals surface area (Å²) in [6.07, 6.45) is 21.3. The Morgan fingerprint density at radius 1 is 0.455 bits per heavy atom. The Labute approximate surface area is 790 Å². The molecule has 11 aromatic rings. The normalized spacial score (nSPS) is 19.9. The number of aliphatic hydroxyl groups is 2. The lowest BCUT2D eigenvalue weighted by Crippen LogP contribution is -2.30. The van der Waals surface area contributed by atoms with E-state index in [1.165, 1.54) is 49.5 Å². The number of fused-ring (bicyclic) bond motifs is 9. The fraction of sp³-hybridized carbons (Fsp3) is 0.373. The molecular formula is C102H106Br3N9O18. The number of nitrogens with zero attached hydrogens (tertiary/aromatic N) is 8. The van der Waals surface area contributed by atoms with Gasteiger partial charge >= 0.3 is 11.9 Å². The van der Waals surface area contributed by atoms with Gasteiger partial charge in [0.05, 0.1) is 80.1 Å². The number of β-amino-alcohol motifs (C(OH)–C–C–N with tert-alkyl or cyclic N) is 2. The van der Waals surface area contributed by atoms with Crippen molar-refractivity contribution in [1.29, 1.82) is 0 Å². The van der Waals surface area contributed by atoms with Crippen LogP contribution in [0.15, 0.2) is 223 Å². The van der Waals surface area contributed by atoms with Crippen LogP contribution in [0.25, 0.3) is 45.7 Å². The number of carboxylic acid groups (broad SMARTS) is 1. The maximum atomic E-state index is 12.4. The van der Waals surface area contributed by atoms with Crippen LogP contribution in [0.5, 0.6) is 34.5 Å². The number of aromatic hydroxyl groups is 1. The van der Waals surface area contributed by atoms with Gasteiger partial charge in [0.25, 0.3) is 11.8 Å². The number of oxime groups is 1. The number of hydrogen-bond donors (Lipinski definition) is 6. The summed E-state index contributed by atoms with van der Waals surface area (Å²) in [5.41, 5.74) is 17.9. The second kappa shape index (κ2) is 43.2. The molecule has 9 fully saturated rings.